The van der Waals surface area contributed by atoms with Crippen molar-refractivity contribution in [2.75, 3.05) is 11.5 Å². The third kappa shape index (κ3) is 2.69. The Bertz CT molecular complexity index is 740. The van der Waals surface area contributed by atoms with Gasteiger partial charge in [-0.3, -0.25) is 0 Å². The number of primary sulfonamides is 1. The molecule has 0 saturated carbocycles. The molecule has 6 N–H and O–H groups in total. The van der Waals surface area contributed by atoms with Crippen LogP contribution in [0.3, 0.4) is 0 Å². The second-order valence-corrected chi connectivity index (χ2v) is 5.90. The number of rotatable bonds is 2. The number of sulfonamides is 1. The molecule has 0 unspecified atom stereocenters. The lowest BCUT2D eigenvalue weighted by atomic mass is 10.0. The molecule has 0 aliphatic rings. The Morgan fingerprint density at radius 3 is 2.26 bits per heavy atom. The van der Waals surface area contributed by atoms with E-state index in [1.54, 1.807) is 24.3 Å². The summed E-state index contributed by atoms with van der Waals surface area (Å²) in [5, 5.41) is 5.22. The van der Waals surface area contributed by atoms with Gasteiger partial charge in [0.1, 0.15) is 0 Å². The predicted molar refractivity (Wildman–Crippen MR) is 76.8 cm³/mol. The van der Waals surface area contributed by atoms with Crippen LogP contribution in [0.15, 0.2) is 41.3 Å². The Balaban J connectivity index is 2.73. The zero-order chi connectivity index (χ0) is 14.2. The molecule has 2 aromatic carbocycles. The minimum absolute atomic E-state index is 0.0471. The SMILES string of the molecule is Cc1cc(-c2cc(N)ccc2S(N)(=O)=O)ccc1N. The van der Waals surface area contributed by atoms with E-state index in [1.807, 2.05) is 6.92 Å². The van der Waals surface area contributed by atoms with Gasteiger partial charge >= 0.3 is 0 Å². The molecule has 0 amide bonds. The van der Waals surface area contributed by atoms with E-state index in [4.69, 9.17) is 16.6 Å². The number of aryl methyl sites for hydroxylation is 1. The zero-order valence-corrected chi connectivity index (χ0v) is 11.2. The van der Waals surface area contributed by atoms with E-state index in [1.165, 1.54) is 12.1 Å². The lowest BCUT2D eigenvalue weighted by molar-refractivity contribution is 0.598. The van der Waals surface area contributed by atoms with Crippen LogP contribution in [0.5, 0.6) is 0 Å². The van der Waals surface area contributed by atoms with Crippen LogP contribution in [0.1, 0.15) is 5.56 Å². The average Bonchev–Trinajstić information content (AvgIpc) is 2.31. The van der Waals surface area contributed by atoms with Crippen LogP contribution < -0.4 is 16.6 Å². The molecule has 2 rings (SSSR count). The van der Waals surface area contributed by atoms with E-state index in [-0.39, 0.29) is 4.90 Å². The van der Waals surface area contributed by atoms with Crippen molar-refractivity contribution in [3.8, 4) is 11.1 Å². The summed E-state index contributed by atoms with van der Waals surface area (Å²) in [6.45, 7) is 1.85. The van der Waals surface area contributed by atoms with E-state index in [2.05, 4.69) is 0 Å². The predicted octanol–water partition coefficient (Wildman–Crippen LogP) is 1.47. The topological polar surface area (TPSA) is 112 Å². The number of benzene rings is 2. The molecular weight excluding hydrogens is 262 g/mol. The molecule has 0 aromatic heterocycles. The highest BCUT2D eigenvalue weighted by Gasteiger charge is 2.15. The summed E-state index contributed by atoms with van der Waals surface area (Å²) in [6, 6.07) is 9.77. The molecule has 0 bridgehead atoms. The quantitative estimate of drug-likeness (QED) is 0.721. The summed E-state index contributed by atoms with van der Waals surface area (Å²) in [4.78, 5) is 0.0471. The number of hydrogen-bond acceptors (Lipinski definition) is 4. The Hall–Kier alpha value is -2.05. The Morgan fingerprint density at radius 2 is 1.68 bits per heavy atom. The van der Waals surface area contributed by atoms with Gasteiger partial charge in [-0.05, 0) is 48.4 Å². The maximum atomic E-state index is 11.6. The fraction of sp³-hybridized carbons (Fsp3) is 0.0769. The molecule has 2 aromatic rings. The van der Waals surface area contributed by atoms with Crippen LogP contribution in [-0.2, 0) is 10.0 Å². The van der Waals surface area contributed by atoms with Crippen LogP contribution in [0.2, 0.25) is 0 Å². The highest BCUT2D eigenvalue weighted by Crippen LogP contribution is 2.30. The molecule has 0 spiro atoms. The first kappa shape index (κ1) is 13.4. The van der Waals surface area contributed by atoms with Crippen LogP contribution in [0.25, 0.3) is 11.1 Å². The lowest BCUT2D eigenvalue weighted by Gasteiger charge is -2.10. The standard InChI is InChI=1S/C13H15N3O2S/c1-8-6-9(2-4-12(8)15)11-7-10(14)3-5-13(11)19(16,17)18/h2-7H,14-15H2,1H3,(H2,16,17,18). The van der Waals surface area contributed by atoms with Crippen LogP contribution in [0, 0.1) is 6.92 Å². The van der Waals surface area contributed by atoms with Gasteiger partial charge in [-0.25, -0.2) is 13.6 Å². The van der Waals surface area contributed by atoms with Crippen LogP contribution in [-0.4, -0.2) is 8.42 Å². The maximum absolute atomic E-state index is 11.6. The summed E-state index contributed by atoms with van der Waals surface area (Å²) < 4.78 is 23.2. The fourth-order valence-electron chi connectivity index (χ4n) is 1.86. The van der Waals surface area contributed by atoms with E-state index < -0.39 is 10.0 Å². The summed E-state index contributed by atoms with van der Waals surface area (Å²) >= 11 is 0. The van der Waals surface area contributed by atoms with Crippen LogP contribution in [0.4, 0.5) is 11.4 Å². The molecule has 0 heterocycles. The summed E-state index contributed by atoms with van der Waals surface area (Å²) in [7, 11) is -3.81. The summed E-state index contributed by atoms with van der Waals surface area (Å²) in [5.74, 6) is 0. The molecule has 0 saturated heterocycles. The van der Waals surface area contributed by atoms with Gasteiger partial charge in [0.15, 0.2) is 0 Å². The van der Waals surface area contributed by atoms with Gasteiger partial charge in [-0.15, -0.1) is 0 Å². The van der Waals surface area contributed by atoms with Gasteiger partial charge in [0, 0.05) is 16.9 Å². The normalized spacial score (nSPS) is 11.5. The number of nitrogens with two attached hydrogens (primary N) is 3. The molecular formula is C13H15N3O2S. The van der Waals surface area contributed by atoms with E-state index in [9.17, 15) is 8.42 Å². The second kappa shape index (κ2) is 4.56. The minimum Gasteiger partial charge on any atom is -0.399 e. The molecule has 5 nitrogen and oxygen atoms in total. The van der Waals surface area contributed by atoms with Crippen molar-refractivity contribution in [2.24, 2.45) is 5.14 Å². The second-order valence-electron chi connectivity index (χ2n) is 4.37. The Morgan fingerprint density at radius 1 is 1.00 bits per heavy atom. The van der Waals surface area contributed by atoms with Crippen LogP contribution >= 0.6 is 0 Å². The van der Waals surface area contributed by atoms with Crippen molar-refractivity contribution in [1.82, 2.24) is 0 Å². The molecule has 0 fully saturated rings. The van der Waals surface area contributed by atoms with E-state index in [0.717, 1.165) is 5.56 Å². The lowest BCUT2D eigenvalue weighted by Crippen LogP contribution is -2.13. The van der Waals surface area contributed by atoms with Crippen molar-refractivity contribution >= 4 is 21.4 Å². The summed E-state index contributed by atoms with van der Waals surface area (Å²) in [5.41, 5.74) is 14.6. The first-order valence-electron chi connectivity index (χ1n) is 5.58. The Labute approximate surface area is 112 Å². The van der Waals surface area contributed by atoms with Gasteiger partial charge in [-0.2, -0.15) is 0 Å². The van der Waals surface area contributed by atoms with Gasteiger partial charge in [0.25, 0.3) is 0 Å². The van der Waals surface area contributed by atoms with Crippen molar-refractivity contribution < 1.29 is 8.42 Å². The molecule has 0 aliphatic heterocycles. The minimum atomic E-state index is -3.81. The molecule has 100 valence electrons. The van der Waals surface area contributed by atoms with Crippen molar-refractivity contribution in [3.63, 3.8) is 0 Å². The zero-order valence-electron chi connectivity index (χ0n) is 10.4. The first-order chi connectivity index (χ1) is 8.79. The van der Waals surface area contributed by atoms with E-state index >= 15 is 0 Å². The highest BCUT2D eigenvalue weighted by molar-refractivity contribution is 7.89. The molecule has 0 atom stereocenters. The van der Waals surface area contributed by atoms with Gasteiger partial charge < -0.3 is 11.5 Å². The highest BCUT2D eigenvalue weighted by atomic mass is 32.2. The molecule has 0 radical (unpaired) electrons. The third-order valence-corrected chi connectivity index (χ3v) is 3.86. The molecule has 0 aliphatic carbocycles. The third-order valence-electron chi connectivity index (χ3n) is 2.89. The smallest absolute Gasteiger partial charge is 0.238 e. The van der Waals surface area contributed by atoms with E-state index in [0.29, 0.717) is 22.5 Å². The number of hydrogen-bond donors (Lipinski definition) is 3. The largest absolute Gasteiger partial charge is 0.399 e. The average molecular weight is 277 g/mol. The summed E-state index contributed by atoms with van der Waals surface area (Å²) in [6.07, 6.45) is 0. The van der Waals surface area contributed by atoms with Gasteiger partial charge in [0.2, 0.25) is 10.0 Å². The fourth-order valence-corrected chi connectivity index (χ4v) is 2.61. The first-order valence-corrected chi connectivity index (χ1v) is 7.12. The maximum Gasteiger partial charge on any atom is 0.238 e. The molecule has 6 heteroatoms. The number of nitrogen functional groups attached to an aromatic ring is 2. The number of anilines is 2. The Kier molecular flexibility index (Phi) is 3.21. The van der Waals surface area contributed by atoms with Crippen molar-refractivity contribution in [3.05, 3.63) is 42.0 Å². The van der Waals surface area contributed by atoms with Gasteiger partial charge in [-0.1, -0.05) is 6.07 Å². The van der Waals surface area contributed by atoms with Crippen molar-refractivity contribution in [2.45, 2.75) is 11.8 Å². The van der Waals surface area contributed by atoms with Gasteiger partial charge in [0.05, 0.1) is 4.90 Å². The monoisotopic (exact) mass is 277 g/mol. The van der Waals surface area contributed by atoms with Crippen molar-refractivity contribution in [1.29, 1.82) is 0 Å². The molecule has 19 heavy (non-hydrogen) atoms.